The fourth-order valence-electron chi connectivity index (χ4n) is 3.12. The number of urea groups is 1. The topological polar surface area (TPSA) is 151 Å². The van der Waals surface area contributed by atoms with E-state index in [-0.39, 0.29) is 22.9 Å². The molecule has 4 amide bonds. The van der Waals surface area contributed by atoms with Crippen LogP contribution in [0.3, 0.4) is 0 Å². The highest BCUT2D eigenvalue weighted by Gasteiger charge is 2.25. The van der Waals surface area contributed by atoms with Crippen molar-refractivity contribution in [3.8, 4) is 0 Å². The van der Waals surface area contributed by atoms with Crippen LogP contribution in [0.5, 0.6) is 0 Å². The fourth-order valence-corrected chi connectivity index (χ4v) is 4.28. The predicted octanol–water partition coefficient (Wildman–Crippen LogP) is 1.66. The van der Waals surface area contributed by atoms with Gasteiger partial charge in [-0.05, 0) is 42.7 Å². The van der Waals surface area contributed by atoms with Crippen molar-refractivity contribution in [3.63, 3.8) is 0 Å². The number of rotatable bonds is 9. The minimum absolute atomic E-state index is 0.115. The normalized spacial score (nSPS) is 13.1. The Morgan fingerprint density at radius 1 is 1.00 bits per heavy atom. The third kappa shape index (κ3) is 7.03. The van der Waals surface area contributed by atoms with Crippen LogP contribution in [0.1, 0.15) is 41.8 Å². The molecular formula is C23H31N5O5S. The van der Waals surface area contributed by atoms with Gasteiger partial charge in [0, 0.05) is 19.2 Å². The molecule has 184 valence electrons. The molecule has 34 heavy (non-hydrogen) atoms. The molecule has 0 spiro atoms. The molecule has 2 aromatic rings. The van der Waals surface area contributed by atoms with Crippen LogP contribution in [0.2, 0.25) is 0 Å². The van der Waals surface area contributed by atoms with Crippen molar-refractivity contribution in [2.45, 2.75) is 44.7 Å². The third-order valence-corrected chi connectivity index (χ3v) is 7.26. The van der Waals surface area contributed by atoms with Crippen LogP contribution in [-0.2, 0) is 21.4 Å². The molecule has 11 heteroatoms. The van der Waals surface area contributed by atoms with Crippen LogP contribution in [-0.4, -0.2) is 43.7 Å². The van der Waals surface area contributed by atoms with Crippen LogP contribution in [0, 0.1) is 12.8 Å². The first-order valence-corrected chi connectivity index (χ1v) is 12.2. The minimum atomic E-state index is -3.66. The Bertz CT molecular complexity index is 1120. The molecule has 0 aliphatic heterocycles. The van der Waals surface area contributed by atoms with Crippen molar-refractivity contribution < 1.29 is 22.8 Å². The van der Waals surface area contributed by atoms with E-state index >= 15 is 0 Å². The maximum absolute atomic E-state index is 12.8. The predicted molar refractivity (Wildman–Crippen MR) is 128 cm³/mol. The summed E-state index contributed by atoms with van der Waals surface area (Å²) >= 11 is 0. The molecular weight excluding hydrogens is 458 g/mol. The number of sulfonamides is 1. The summed E-state index contributed by atoms with van der Waals surface area (Å²) < 4.78 is 26.7. The first kappa shape index (κ1) is 26.8. The van der Waals surface area contributed by atoms with E-state index in [0.29, 0.717) is 12.0 Å². The van der Waals surface area contributed by atoms with Crippen LogP contribution in [0.25, 0.3) is 0 Å². The molecule has 0 aliphatic rings. The number of amides is 4. The van der Waals surface area contributed by atoms with Gasteiger partial charge in [0.05, 0.1) is 4.90 Å². The van der Waals surface area contributed by atoms with E-state index in [1.54, 1.807) is 43.3 Å². The summed E-state index contributed by atoms with van der Waals surface area (Å²) in [5.41, 5.74) is 11.6. The lowest BCUT2D eigenvalue weighted by atomic mass is 9.99. The zero-order valence-corrected chi connectivity index (χ0v) is 20.5. The summed E-state index contributed by atoms with van der Waals surface area (Å²) in [4.78, 5) is 36.1. The van der Waals surface area contributed by atoms with Gasteiger partial charge in [0.25, 0.3) is 11.8 Å². The maximum atomic E-state index is 12.8. The number of hydrogen-bond acceptors (Lipinski definition) is 5. The van der Waals surface area contributed by atoms with Gasteiger partial charge in [0.15, 0.2) is 0 Å². The molecule has 2 rings (SSSR count). The zero-order valence-electron chi connectivity index (χ0n) is 19.7. The van der Waals surface area contributed by atoms with Crippen LogP contribution in [0.15, 0.2) is 53.4 Å². The summed E-state index contributed by atoms with van der Waals surface area (Å²) in [7, 11) is -2.17. The maximum Gasteiger partial charge on any atom is 0.312 e. The standard InChI is InChI=1S/C23H31N5O5S/c1-5-16(3)20(25-23(24)31)22(30)27-26-21(29)18-10-8-17(9-11-18)14-28(4)34(32,33)19-12-6-15(2)7-13-19/h6-13,16,20H,5,14H2,1-4H3,(H,26,29)(H,27,30)(H3,24,25,31)/t16-,20-/m1/s1. The van der Waals surface area contributed by atoms with Gasteiger partial charge in [-0.2, -0.15) is 4.31 Å². The minimum Gasteiger partial charge on any atom is -0.352 e. The summed E-state index contributed by atoms with van der Waals surface area (Å²) in [5, 5.41) is 2.37. The number of benzene rings is 2. The van der Waals surface area contributed by atoms with Crippen LogP contribution in [0.4, 0.5) is 4.79 Å². The van der Waals surface area contributed by atoms with Crippen LogP contribution >= 0.6 is 0 Å². The largest absolute Gasteiger partial charge is 0.352 e. The van der Waals surface area contributed by atoms with Gasteiger partial charge in [-0.25, -0.2) is 13.2 Å². The Kier molecular flexibility index (Phi) is 9.16. The molecule has 0 aliphatic carbocycles. The lowest BCUT2D eigenvalue weighted by molar-refractivity contribution is -0.124. The van der Waals surface area contributed by atoms with Crippen LogP contribution < -0.4 is 21.9 Å². The van der Waals surface area contributed by atoms with E-state index < -0.39 is 33.9 Å². The number of carbonyl (C=O) groups is 3. The average molecular weight is 490 g/mol. The average Bonchev–Trinajstić information content (AvgIpc) is 2.80. The van der Waals surface area contributed by atoms with E-state index in [1.807, 2.05) is 13.8 Å². The number of nitrogens with one attached hydrogen (secondary N) is 3. The molecule has 0 radical (unpaired) electrons. The number of aryl methyl sites for hydroxylation is 1. The first-order valence-electron chi connectivity index (χ1n) is 10.7. The quantitative estimate of drug-likeness (QED) is 0.395. The number of primary amides is 1. The van der Waals surface area contributed by atoms with Gasteiger partial charge in [-0.3, -0.25) is 20.4 Å². The Hall–Kier alpha value is -3.44. The van der Waals surface area contributed by atoms with Crippen molar-refractivity contribution in [2.75, 3.05) is 7.05 Å². The van der Waals surface area contributed by atoms with Gasteiger partial charge >= 0.3 is 6.03 Å². The fraction of sp³-hybridized carbons (Fsp3) is 0.348. The van der Waals surface area contributed by atoms with Crippen molar-refractivity contribution in [2.24, 2.45) is 11.7 Å². The molecule has 2 aromatic carbocycles. The monoisotopic (exact) mass is 489 g/mol. The highest BCUT2D eigenvalue weighted by atomic mass is 32.2. The van der Waals surface area contributed by atoms with Crippen molar-refractivity contribution in [1.82, 2.24) is 20.5 Å². The first-order chi connectivity index (χ1) is 15.9. The van der Waals surface area contributed by atoms with E-state index in [1.165, 1.54) is 23.5 Å². The van der Waals surface area contributed by atoms with Gasteiger partial charge in [-0.1, -0.05) is 50.1 Å². The van der Waals surface area contributed by atoms with Gasteiger partial charge in [-0.15, -0.1) is 0 Å². The number of hydrazine groups is 1. The summed E-state index contributed by atoms with van der Waals surface area (Å²) in [5.74, 6) is -1.36. The molecule has 0 bridgehead atoms. The summed E-state index contributed by atoms with van der Waals surface area (Å²) in [6, 6.07) is 11.2. The zero-order chi connectivity index (χ0) is 25.5. The van der Waals surface area contributed by atoms with Gasteiger partial charge in [0.1, 0.15) is 6.04 Å². The number of carbonyl (C=O) groups excluding carboxylic acids is 3. The highest BCUT2D eigenvalue weighted by Crippen LogP contribution is 2.17. The second-order valence-corrected chi connectivity index (χ2v) is 10.1. The Morgan fingerprint density at radius 2 is 1.59 bits per heavy atom. The number of nitrogens with zero attached hydrogens (tertiary/aromatic N) is 1. The smallest absolute Gasteiger partial charge is 0.312 e. The van der Waals surface area contributed by atoms with Crippen molar-refractivity contribution in [1.29, 1.82) is 0 Å². The SMILES string of the molecule is CC[C@@H](C)[C@@H](NC(N)=O)C(=O)NNC(=O)c1ccc(CN(C)S(=O)(=O)c2ccc(C)cc2)cc1. The van der Waals surface area contributed by atoms with E-state index in [4.69, 9.17) is 5.73 Å². The number of nitrogens with two attached hydrogens (primary N) is 1. The Labute approximate surface area is 199 Å². The lowest BCUT2D eigenvalue weighted by Crippen LogP contribution is -2.55. The summed E-state index contributed by atoms with van der Waals surface area (Å²) in [6.07, 6.45) is 0.613. The van der Waals surface area contributed by atoms with Crippen molar-refractivity contribution >= 4 is 27.9 Å². The molecule has 0 heterocycles. The van der Waals surface area contributed by atoms with E-state index in [0.717, 1.165) is 5.56 Å². The molecule has 10 nitrogen and oxygen atoms in total. The van der Waals surface area contributed by atoms with Crippen molar-refractivity contribution in [3.05, 3.63) is 65.2 Å². The third-order valence-electron chi connectivity index (χ3n) is 5.44. The van der Waals surface area contributed by atoms with E-state index in [2.05, 4.69) is 16.2 Å². The van der Waals surface area contributed by atoms with Gasteiger partial charge in [0.2, 0.25) is 10.0 Å². The molecule has 0 aromatic heterocycles. The van der Waals surface area contributed by atoms with E-state index in [9.17, 15) is 22.8 Å². The number of hydrogen-bond donors (Lipinski definition) is 4. The second-order valence-electron chi connectivity index (χ2n) is 8.09. The molecule has 0 unspecified atom stereocenters. The second kappa shape index (κ2) is 11.6. The molecule has 0 saturated carbocycles. The Morgan fingerprint density at radius 3 is 2.12 bits per heavy atom. The Balaban J connectivity index is 1.99. The van der Waals surface area contributed by atoms with Gasteiger partial charge < -0.3 is 11.1 Å². The lowest BCUT2D eigenvalue weighted by Gasteiger charge is -2.22. The molecule has 0 fully saturated rings. The molecule has 5 N–H and O–H groups in total. The molecule has 0 saturated heterocycles. The highest BCUT2D eigenvalue weighted by molar-refractivity contribution is 7.89. The summed E-state index contributed by atoms with van der Waals surface area (Å²) in [6.45, 7) is 5.63. The molecule has 2 atom stereocenters.